The van der Waals surface area contributed by atoms with Gasteiger partial charge in [0.05, 0.1) is 4.34 Å². The zero-order chi connectivity index (χ0) is 27.3. The molecule has 4 rings (SSSR count). The molecule has 0 aliphatic heterocycles. The summed E-state index contributed by atoms with van der Waals surface area (Å²) >= 11 is 8.61. The van der Waals surface area contributed by atoms with Crippen LogP contribution < -0.4 is 4.74 Å². The molecule has 2 heterocycles. The molecule has 4 aromatic rings. The third-order valence-corrected chi connectivity index (χ3v) is 9.48. The average molecular weight is 591 g/mol. The number of halogens is 1. The molecule has 0 fully saturated rings. The number of thiazole rings is 1. The van der Waals surface area contributed by atoms with E-state index in [1.54, 1.807) is 62.6 Å². The molecule has 0 bridgehead atoms. The van der Waals surface area contributed by atoms with E-state index in [-0.39, 0.29) is 23.9 Å². The zero-order valence-corrected chi connectivity index (χ0v) is 24.3. The highest BCUT2D eigenvalue weighted by molar-refractivity contribution is 7.91. The monoisotopic (exact) mass is 590 g/mol. The second-order valence-electron chi connectivity index (χ2n) is 9.39. The third kappa shape index (κ3) is 7.64. The molecule has 0 aliphatic rings. The number of ether oxygens (including phenoxy) is 2. The standard InChI is InChI=1S/C27H27ClN2O5S3/c1-27(2,3)35-24(31)18-34-22-6-4-5-20(15-22)17-30(38(32,33)25-12-11-23(28)37-25)16-19-7-9-21(10-8-19)26-29-13-14-36-26/h4-15H,16-18H2,1-3H3. The summed E-state index contributed by atoms with van der Waals surface area (Å²) in [7, 11) is -3.85. The lowest BCUT2D eigenvalue weighted by molar-refractivity contribution is -0.157. The molecule has 0 spiro atoms. The Morgan fingerprint density at radius 3 is 2.39 bits per heavy atom. The average Bonchev–Trinajstić information content (AvgIpc) is 3.55. The number of benzene rings is 2. The topological polar surface area (TPSA) is 85.8 Å². The van der Waals surface area contributed by atoms with Crippen molar-refractivity contribution in [2.45, 2.75) is 43.7 Å². The van der Waals surface area contributed by atoms with Crippen molar-refractivity contribution >= 4 is 50.3 Å². The molecule has 2 aromatic carbocycles. The minimum absolute atomic E-state index is 0.0930. The molecule has 0 radical (unpaired) electrons. The Kier molecular flexibility index (Phi) is 8.89. The van der Waals surface area contributed by atoms with Crippen LogP contribution in [0, 0.1) is 0 Å². The van der Waals surface area contributed by atoms with Gasteiger partial charge in [-0.3, -0.25) is 0 Å². The number of hydrogen-bond donors (Lipinski definition) is 0. The quantitative estimate of drug-likeness (QED) is 0.193. The van der Waals surface area contributed by atoms with Crippen molar-refractivity contribution in [1.29, 1.82) is 0 Å². The van der Waals surface area contributed by atoms with Crippen molar-refractivity contribution < 1.29 is 22.7 Å². The predicted molar refractivity (Wildman–Crippen MR) is 151 cm³/mol. The van der Waals surface area contributed by atoms with Crippen molar-refractivity contribution in [3.05, 3.63) is 87.7 Å². The number of aromatic nitrogens is 1. The maximum Gasteiger partial charge on any atom is 0.344 e. The molecule has 0 unspecified atom stereocenters. The van der Waals surface area contributed by atoms with Crippen molar-refractivity contribution in [2.24, 2.45) is 0 Å². The van der Waals surface area contributed by atoms with E-state index in [0.29, 0.717) is 15.6 Å². The van der Waals surface area contributed by atoms with Crippen LogP contribution in [0.4, 0.5) is 0 Å². The SMILES string of the molecule is CC(C)(C)OC(=O)COc1cccc(CN(Cc2ccc(-c3nccs3)cc2)S(=O)(=O)c2ccc(Cl)s2)c1. The van der Waals surface area contributed by atoms with Gasteiger partial charge in [-0.2, -0.15) is 4.31 Å². The summed E-state index contributed by atoms with van der Waals surface area (Å²) in [4.78, 5) is 16.4. The molecule has 0 saturated heterocycles. The van der Waals surface area contributed by atoms with Crippen molar-refractivity contribution in [1.82, 2.24) is 9.29 Å². The molecule has 2 aromatic heterocycles. The van der Waals surface area contributed by atoms with E-state index in [1.165, 1.54) is 10.4 Å². The lowest BCUT2D eigenvalue weighted by Gasteiger charge is -2.22. The normalized spacial score (nSPS) is 12.0. The van der Waals surface area contributed by atoms with Crippen LogP contribution in [0.1, 0.15) is 31.9 Å². The van der Waals surface area contributed by atoms with E-state index in [9.17, 15) is 13.2 Å². The van der Waals surface area contributed by atoms with Crippen LogP contribution in [0.25, 0.3) is 10.6 Å². The molecule has 0 aliphatic carbocycles. The molecule has 0 atom stereocenters. The first kappa shape index (κ1) is 28.3. The van der Waals surface area contributed by atoms with Crippen LogP contribution in [-0.4, -0.2) is 35.9 Å². The minimum Gasteiger partial charge on any atom is -0.482 e. The van der Waals surface area contributed by atoms with E-state index in [0.717, 1.165) is 27.5 Å². The Labute approximate surface area is 235 Å². The van der Waals surface area contributed by atoms with E-state index < -0.39 is 21.6 Å². The second-order valence-corrected chi connectivity index (χ2v) is 14.2. The largest absolute Gasteiger partial charge is 0.482 e. The van der Waals surface area contributed by atoms with Crippen LogP contribution in [-0.2, 0) is 32.6 Å². The predicted octanol–water partition coefficient (Wildman–Crippen LogP) is 6.64. The van der Waals surface area contributed by atoms with Gasteiger partial charge in [-0.1, -0.05) is 48.0 Å². The van der Waals surface area contributed by atoms with E-state index in [2.05, 4.69) is 4.98 Å². The smallest absolute Gasteiger partial charge is 0.344 e. The summed E-state index contributed by atoms with van der Waals surface area (Å²) in [6.07, 6.45) is 1.75. The summed E-state index contributed by atoms with van der Waals surface area (Å²) in [5.74, 6) is -0.0412. The van der Waals surface area contributed by atoms with E-state index in [4.69, 9.17) is 21.1 Å². The molecule has 0 saturated carbocycles. The maximum atomic E-state index is 13.6. The van der Waals surface area contributed by atoms with Gasteiger partial charge in [0.1, 0.15) is 20.6 Å². The lowest BCUT2D eigenvalue weighted by atomic mass is 10.1. The second kappa shape index (κ2) is 12.0. The summed E-state index contributed by atoms with van der Waals surface area (Å²) in [6, 6.07) is 17.8. The number of carbonyl (C=O) groups is 1. The van der Waals surface area contributed by atoms with Gasteiger partial charge >= 0.3 is 5.97 Å². The molecular formula is C27H27ClN2O5S3. The number of nitrogens with zero attached hydrogens (tertiary/aromatic N) is 2. The summed E-state index contributed by atoms with van der Waals surface area (Å²) < 4.78 is 40.1. The third-order valence-electron chi connectivity index (χ3n) is 5.17. The van der Waals surface area contributed by atoms with Crippen molar-refractivity contribution in [2.75, 3.05) is 6.61 Å². The summed E-state index contributed by atoms with van der Waals surface area (Å²) in [5, 5.41) is 2.81. The fraction of sp³-hybridized carbons (Fsp3) is 0.259. The minimum atomic E-state index is -3.85. The first-order valence-electron chi connectivity index (χ1n) is 11.7. The summed E-state index contributed by atoms with van der Waals surface area (Å²) in [6.45, 7) is 5.35. The lowest BCUT2D eigenvalue weighted by Crippen LogP contribution is -2.30. The van der Waals surface area contributed by atoms with E-state index >= 15 is 0 Å². The first-order chi connectivity index (χ1) is 18.0. The van der Waals surface area contributed by atoms with Crippen LogP contribution in [0.2, 0.25) is 4.34 Å². The van der Waals surface area contributed by atoms with E-state index in [1.807, 2.05) is 35.7 Å². The van der Waals surface area contributed by atoms with Gasteiger partial charge in [-0.25, -0.2) is 18.2 Å². The molecule has 0 amide bonds. The van der Waals surface area contributed by atoms with Crippen LogP contribution in [0.5, 0.6) is 5.75 Å². The zero-order valence-electron chi connectivity index (χ0n) is 21.1. The maximum absolute atomic E-state index is 13.6. The highest BCUT2D eigenvalue weighted by atomic mass is 35.5. The Hall–Kier alpha value is -2.76. The van der Waals surface area contributed by atoms with Gasteiger partial charge in [-0.15, -0.1) is 22.7 Å². The van der Waals surface area contributed by atoms with Crippen LogP contribution in [0.3, 0.4) is 0 Å². The number of esters is 1. The van der Waals surface area contributed by atoms with Crippen molar-refractivity contribution in [3.63, 3.8) is 0 Å². The Balaban J connectivity index is 1.55. The number of thiophene rings is 1. The van der Waals surface area contributed by atoms with Crippen molar-refractivity contribution in [3.8, 4) is 16.3 Å². The number of sulfonamides is 1. The van der Waals surface area contributed by atoms with Gasteiger partial charge in [0.25, 0.3) is 10.0 Å². The number of carbonyl (C=O) groups excluding carboxylic acids is 1. The van der Waals surface area contributed by atoms with Gasteiger partial charge in [0.15, 0.2) is 6.61 Å². The highest BCUT2D eigenvalue weighted by Gasteiger charge is 2.27. The molecule has 11 heteroatoms. The van der Waals surface area contributed by atoms with Gasteiger partial charge in [-0.05, 0) is 56.2 Å². The molecule has 38 heavy (non-hydrogen) atoms. The molecule has 0 N–H and O–H groups in total. The van der Waals surface area contributed by atoms with Crippen LogP contribution in [0.15, 0.2) is 76.4 Å². The number of hydrogen-bond acceptors (Lipinski definition) is 8. The van der Waals surface area contributed by atoms with Gasteiger partial charge < -0.3 is 9.47 Å². The molecule has 200 valence electrons. The fourth-order valence-corrected chi connectivity index (χ4v) is 7.26. The van der Waals surface area contributed by atoms with Gasteiger partial charge in [0.2, 0.25) is 0 Å². The highest BCUT2D eigenvalue weighted by Crippen LogP contribution is 2.31. The Morgan fingerprint density at radius 1 is 1.03 bits per heavy atom. The van der Waals surface area contributed by atoms with Gasteiger partial charge in [0, 0.05) is 30.2 Å². The Bertz CT molecular complexity index is 1480. The molecule has 7 nitrogen and oxygen atoms in total. The first-order valence-corrected chi connectivity index (χ1v) is 15.2. The fourth-order valence-electron chi connectivity index (χ4n) is 3.56. The summed E-state index contributed by atoms with van der Waals surface area (Å²) in [5.41, 5.74) is 1.89. The Morgan fingerprint density at radius 2 is 1.76 bits per heavy atom. The van der Waals surface area contributed by atoms with Crippen LogP contribution >= 0.6 is 34.3 Å². The number of rotatable bonds is 10. The molecular weight excluding hydrogens is 564 g/mol.